The summed E-state index contributed by atoms with van der Waals surface area (Å²) in [6.45, 7) is 4.49. The van der Waals surface area contributed by atoms with Crippen molar-refractivity contribution >= 4 is 0 Å². The van der Waals surface area contributed by atoms with Gasteiger partial charge < -0.3 is 9.88 Å². The highest BCUT2D eigenvalue weighted by Crippen LogP contribution is 2.28. The molecule has 0 spiro atoms. The number of aryl methyl sites for hydroxylation is 1. The first kappa shape index (κ1) is 8.41. The predicted molar refractivity (Wildman–Crippen MR) is 53.2 cm³/mol. The molecule has 1 fully saturated rings. The third kappa shape index (κ3) is 1.10. The maximum absolute atomic E-state index is 4.34. The van der Waals surface area contributed by atoms with Crippen LogP contribution in [0.5, 0.6) is 0 Å². The normalized spacial score (nSPS) is 30.9. The van der Waals surface area contributed by atoms with E-state index in [0.29, 0.717) is 12.0 Å². The lowest BCUT2D eigenvalue weighted by molar-refractivity contribution is 0.536. The Morgan fingerprint density at radius 3 is 3.14 bits per heavy atom. The second-order valence-electron chi connectivity index (χ2n) is 4.37. The lowest BCUT2D eigenvalue weighted by atomic mass is 10.0. The van der Waals surface area contributed by atoms with Gasteiger partial charge in [0.05, 0.1) is 0 Å². The average molecular weight is 192 g/mol. The lowest BCUT2D eigenvalue weighted by Gasteiger charge is -2.14. The van der Waals surface area contributed by atoms with E-state index in [9.17, 15) is 0 Å². The summed E-state index contributed by atoms with van der Waals surface area (Å²) in [5.41, 5.74) is 0. The van der Waals surface area contributed by atoms with Crippen molar-refractivity contribution < 1.29 is 0 Å². The van der Waals surface area contributed by atoms with Crippen LogP contribution in [0.15, 0.2) is 0 Å². The highest BCUT2D eigenvalue weighted by atomic mass is 15.3. The SMILES string of the molecule is CC1NCCC1c1nnc2n1CCC2. The van der Waals surface area contributed by atoms with Crippen molar-refractivity contribution in [3.63, 3.8) is 0 Å². The zero-order valence-electron chi connectivity index (χ0n) is 8.53. The molecule has 14 heavy (non-hydrogen) atoms. The first-order chi connectivity index (χ1) is 6.86. The third-order valence-corrected chi connectivity index (χ3v) is 3.49. The van der Waals surface area contributed by atoms with Crippen LogP contribution in [0, 0.1) is 0 Å². The molecule has 2 aliphatic heterocycles. The van der Waals surface area contributed by atoms with E-state index in [-0.39, 0.29) is 0 Å². The minimum absolute atomic E-state index is 0.559. The van der Waals surface area contributed by atoms with Crippen molar-refractivity contribution in [1.29, 1.82) is 0 Å². The second-order valence-corrected chi connectivity index (χ2v) is 4.37. The van der Waals surface area contributed by atoms with Crippen LogP contribution in [0.1, 0.15) is 37.3 Å². The summed E-state index contributed by atoms with van der Waals surface area (Å²) >= 11 is 0. The van der Waals surface area contributed by atoms with Crippen LogP contribution in [0.25, 0.3) is 0 Å². The van der Waals surface area contributed by atoms with E-state index in [4.69, 9.17) is 0 Å². The van der Waals surface area contributed by atoms with E-state index < -0.39 is 0 Å². The average Bonchev–Trinajstić information content (AvgIpc) is 2.78. The summed E-state index contributed by atoms with van der Waals surface area (Å²) in [6.07, 6.45) is 3.56. The van der Waals surface area contributed by atoms with Crippen molar-refractivity contribution in [2.24, 2.45) is 0 Å². The molecule has 4 heteroatoms. The maximum atomic E-state index is 4.34. The molecule has 0 radical (unpaired) electrons. The van der Waals surface area contributed by atoms with Gasteiger partial charge in [0.15, 0.2) is 0 Å². The fraction of sp³-hybridized carbons (Fsp3) is 0.800. The number of nitrogens with zero attached hydrogens (tertiary/aromatic N) is 3. The van der Waals surface area contributed by atoms with Gasteiger partial charge in [-0.2, -0.15) is 0 Å². The van der Waals surface area contributed by atoms with Crippen LogP contribution in [0.2, 0.25) is 0 Å². The molecule has 1 aromatic heterocycles. The van der Waals surface area contributed by atoms with Crippen LogP contribution in [0.3, 0.4) is 0 Å². The first-order valence-electron chi connectivity index (χ1n) is 5.51. The highest BCUT2D eigenvalue weighted by Gasteiger charge is 2.30. The molecular formula is C10H16N4. The van der Waals surface area contributed by atoms with Crippen molar-refractivity contribution in [3.05, 3.63) is 11.6 Å². The molecule has 3 heterocycles. The summed E-state index contributed by atoms with van der Waals surface area (Å²) in [4.78, 5) is 0. The molecule has 1 saturated heterocycles. The van der Waals surface area contributed by atoms with Gasteiger partial charge in [0, 0.05) is 24.9 Å². The molecule has 0 amide bonds. The van der Waals surface area contributed by atoms with E-state index in [1.807, 2.05) is 0 Å². The number of hydrogen-bond donors (Lipinski definition) is 1. The Hall–Kier alpha value is -0.900. The van der Waals surface area contributed by atoms with E-state index >= 15 is 0 Å². The molecule has 2 aliphatic rings. The fourth-order valence-electron chi connectivity index (χ4n) is 2.66. The van der Waals surface area contributed by atoms with Crippen LogP contribution >= 0.6 is 0 Å². The highest BCUT2D eigenvalue weighted by molar-refractivity contribution is 5.10. The monoisotopic (exact) mass is 192 g/mol. The minimum atomic E-state index is 0.559. The van der Waals surface area contributed by atoms with Gasteiger partial charge in [0.2, 0.25) is 0 Å². The van der Waals surface area contributed by atoms with Crippen molar-refractivity contribution in [2.45, 2.75) is 44.7 Å². The van der Waals surface area contributed by atoms with E-state index in [1.165, 1.54) is 24.5 Å². The zero-order valence-corrected chi connectivity index (χ0v) is 8.53. The summed E-state index contributed by atoms with van der Waals surface area (Å²) in [7, 11) is 0. The lowest BCUT2D eigenvalue weighted by Crippen LogP contribution is -2.23. The van der Waals surface area contributed by atoms with Crippen LogP contribution in [-0.4, -0.2) is 27.4 Å². The topological polar surface area (TPSA) is 42.7 Å². The molecule has 0 saturated carbocycles. The Labute approximate surface area is 83.7 Å². The largest absolute Gasteiger partial charge is 0.315 e. The molecule has 2 atom stereocenters. The van der Waals surface area contributed by atoms with E-state index in [0.717, 1.165) is 19.5 Å². The summed E-state index contributed by atoms with van der Waals surface area (Å²) in [5, 5.41) is 12.1. The van der Waals surface area contributed by atoms with Gasteiger partial charge in [0.25, 0.3) is 0 Å². The van der Waals surface area contributed by atoms with Crippen molar-refractivity contribution in [3.8, 4) is 0 Å². The number of aromatic nitrogens is 3. The molecule has 0 bridgehead atoms. The molecule has 0 aromatic carbocycles. The smallest absolute Gasteiger partial charge is 0.137 e. The Morgan fingerprint density at radius 1 is 1.43 bits per heavy atom. The minimum Gasteiger partial charge on any atom is -0.315 e. The van der Waals surface area contributed by atoms with Gasteiger partial charge in [-0.25, -0.2) is 0 Å². The maximum Gasteiger partial charge on any atom is 0.137 e. The number of hydrogen-bond acceptors (Lipinski definition) is 3. The Morgan fingerprint density at radius 2 is 2.36 bits per heavy atom. The number of fused-ring (bicyclic) bond motifs is 1. The Bertz CT molecular complexity index is 344. The third-order valence-electron chi connectivity index (χ3n) is 3.49. The van der Waals surface area contributed by atoms with Gasteiger partial charge >= 0.3 is 0 Å². The van der Waals surface area contributed by atoms with Gasteiger partial charge in [0.1, 0.15) is 11.6 Å². The Kier molecular flexibility index (Phi) is 1.83. The van der Waals surface area contributed by atoms with E-state index in [2.05, 4.69) is 27.0 Å². The predicted octanol–water partition coefficient (Wildman–Crippen LogP) is 0.690. The quantitative estimate of drug-likeness (QED) is 0.712. The molecular weight excluding hydrogens is 176 g/mol. The molecule has 2 unspecified atom stereocenters. The Balaban J connectivity index is 1.96. The van der Waals surface area contributed by atoms with Crippen molar-refractivity contribution in [1.82, 2.24) is 20.1 Å². The second kappa shape index (κ2) is 3.05. The molecule has 76 valence electrons. The fourth-order valence-corrected chi connectivity index (χ4v) is 2.66. The van der Waals surface area contributed by atoms with Gasteiger partial charge in [-0.1, -0.05) is 0 Å². The number of rotatable bonds is 1. The summed E-state index contributed by atoms with van der Waals surface area (Å²) in [6, 6.07) is 0.559. The van der Waals surface area contributed by atoms with Crippen LogP contribution in [-0.2, 0) is 13.0 Å². The molecule has 3 rings (SSSR count). The zero-order chi connectivity index (χ0) is 9.54. The number of nitrogens with one attached hydrogen (secondary N) is 1. The van der Waals surface area contributed by atoms with Gasteiger partial charge in [-0.15, -0.1) is 10.2 Å². The van der Waals surface area contributed by atoms with Gasteiger partial charge in [-0.05, 0) is 26.3 Å². The standard InChI is InChI=1S/C10H16N4/c1-7-8(4-5-11-7)10-13-12-9-3-2-6-14(9)10/h7-8,11H,2-6H2,1H3. The molecule has 1 N–H and O–H groups in total. The van der Waals surface area contributed by atoms with E-state index in [1.54, 1.807) is 0 Å². The molecule has 0 aliphatic carbocycles. The molecule has 4 nitrogen and oxygen atoms in total. The van der Waals surface area contributed by atoms with Crippen LogP contribution < -0.4 is 5.32 Å². The first-order valence-corrected chi connectivity index (χ1v) is 5.51. The van der Waals surface area contributed by atoms with Crippen molar-refractivity contribution in [2.75, 3.05) is 6.54 Å². The summed E-state index contributed by atoms with van der Waals surface area (Å²) < 4.78 is 2.33. The van der Waals surface area contributed by atoms with Gasteiger partial charge in [-0.3, -0.25) is 0 Å². The van der Waals surface area contributed by atoms with Crippen LogP contribution in [0.4, 0.5) is 0 Å². The molecule has 1 aromatic rings. The summed E-state index contributed by atoms with van der Waals surface area (Å²) in [5.74, 6) is 2.99.